The van der Waals surface area contributed by atoms with Crippen molar-refractivity contribution in [2.24, 2.45) is 5.92 Å². The lowest BCUT2D eigenvalue weighted by atomic mass is 9.97. The summed E-state index contributed by atoms with van der Waals surface area (Å²) in [5.41, 5.74) is 0. The van der Waals surface area contributed by atoms with Crippen LogP contribution in [-0.2, 0) is 16.0 Å². The SMILES string of the molecule is CC(=O)N1CCCC(C(=O)NCCCc2ncn[nH]2)C1. The number of rotatable bonds is 5. The number of amides is 2. The predicted octanol–water partition coefficient (Wildman–Crippen LogP) is 0.112. The monoisotopic (exact) mass is 279 g/mol. The third-order valence-electron chi connectivity index (χ3n) is 3.59. The Bertz CT molecular complexity index is 446. The third kappa shape index (κ3) is 4.04. The fourth-order valence-corrected chi connectivity index (χ4v) is 2.44. The van der Waals surface area contributed by atoms with E-state index in [9.17, 15) is 9.59 Å². The number of aromatic amines is 1. The molecule has 0 bridgehead atoms. The number of H-pyrrole nitrogens is 1. The Morgan fingerprint density at radius 1 is 1.55 bits per heavy atom. The number of nitrogens with zero attached hydrogens (tertiary/aromatic N) is 3. The molecule has 0 saturated carbocycles. The van der Waals surface area contributed by atoms with Crippen molar-refractivity contribution in [1.82, 2.24) is 25.4 Å². The summed E-state index contributed by atoms with van der Waals surface area (Å²) in [7, 11) is 0. The Morgan fingerprint density at radius 2 is 2.40 bits per heavy atom. The highest BCUT2D eigenvalue weighted by atomic mass is 16.2. The van der Waals surface area contributed by atoms with Gasteiger partial charge in [-0.05, 0) is 19.3 Å². The van der Waals surface area contributed by atoms with Gasteiger partial charge in [-0.25, -0.2) is 4.98 Å². The average Bonchev–Trinajstić information content (AvgIpc) is 2.96. The first-order valence-corrected chi connectivity index (χ1v) is 7.04. The van der Waals surface area contributed by atoms with Gasteiger partial charge in [-0.15, -0.1) is 0 Å². The van der Waals surface area contributed by atoms with Gasteiger partial charge in [0.05, 0.1) is 5.92 Å². The number of aromatic nitrogens is 3. The third-order valence-corrected chi connectivity index (χ3v) is 3.59. The van der Waals surface area contributed by atoms with Crippen LogP contribution in [-0.4, -0.2) is 51.5 Å². The zero-order chi connectivity index (χ0) is 14.4. The predicted molar refractivity (Wildman–Crippen MR) is 72.7 cm³/mol. The molecule has 0 radical (unpaired) electrons. The minimum Gasteiger partial charge on any atom is -0.356 e. The van der Waals surface area contributed by atoms with E-state index < -0.39 is 0 Å². The minimum atomic E-state index is -0.0714. The van der Waals surface area contributed by atoms with Crippen molar-refractivity contribution in [3.8, 4) is 0 Å². The first kappa shape index (κ1) is 14.5. The molecule has 20 heavy (non-hydrogen) atoms. The Morgan fingerprint density at radius 3 is 3.10 bits per heavy atom. The number of carbonyl (C=O) groups excluding carboxylic acids is 2. The van der Waals surface area contributed by atoms with Crippen LogP contribution in [0, 0.1) is 5.92 Å². The maximum atomic E-state index is 12.0. The van der Waals surface area contributed by atoms with Crippen LogP contribution in [0.15, 0.2) is 6.33 Å². The molecule has 1 unspecified atom stereocenters. The number of hydrogen-bond acceptors (Lipinski definition) is 4. The molecule has 2 N–H and O–H groups in total. The Balaban J connectivity index is 1.67. The summed E-state index contributed by atoms with van der Waals surface area (Å²) in [6.45, 7) is 3.49. The topological polar surface area (TPSA) is 91.0 Å². The summed E-state index contributed by atoms with van der Waals surface area (Å²) in [5.74, 6) is 0.860. The maximum absolute atomic E-state index is 12.0. The smallest absolute Gasteiger partial charge is 0.224 e. The van der Waals surface area contributed by atoms with E-state index in [-0.39, 0.29) is 17.7 Å². The molecule has 0 spiro atoms. The minimum absolute atomic E-state index is 0.0489. The maximum Gasteiger partial charge on any atom is 0.224 e. The van der Waals surface area contributed by atoms with Crippen LogP contribution in [0.25, 0.3) is 0 Å². The van der Waals surface area contributed by atoms with Crippen molar-refractivity contribution in [3.05, 3.63) is 12.2 Å². The second-order valence-electron chi connectivity index (χ2n) is 5.13. The van der Waals surface area contributed by atoms with Crippen molar-refractivity contribution in [3.63, 3.8) is 0 Å². The first-order valence-electron chi connectivity index (χ1n) is 7.04. The van der Waals surface area contributed by atoms with Crippen LogP contribution in [0.1, 0.15) is 32.0 Å². The fourth-order valence-electron chi connectivity index (χ4n) is 2.44. The van der Waals surface area contributed by atoms with E-state index in [1.54, 1.807) is 11.8 Å². The van der Waals surface area contributed by atoms with Crippen LogP contribution in [0.3, 0.4) is 0 Å². The number of hydrogen-bond donors (Lipinski definition) is 2. The van der Waals surface area contributed by atoms with Crippen molar-refractivity contribution in [1.29, 1.82) is 0 Å². The molecule has 1 aliphatic rings. The van der Waals surface area contributed by atoms with Gasteiger partial charge in [0.2, 0.25) is 11.8 Å². The summed E-state index contributed by atoms with van der Waals surface area (Å²) in [6.07, 6.45) is 4.83. The quantitative estimate of drug-likeness (QED) is 0.749. The number of likely N-dealkylation sites (tertiary alicyclic amines) is 1. The molecule has 1 atom stereocenters. The van der Waals surface area contributed by atoms with Gasteiger partial charge in [-0.2, -0.15) is 5.10 Å². The molecule has 0 aromatic carbocycles. The van der Waals surface area contributed by atoms with Crippen LogP contribution in [0.5, 0.6) is 0 Å². The highest BCUT2D eigenvalue weighted by Gasteiger charge is 2.26. The Hall–Kier alpha value is -1.92. The van der Waals surface area contributed by atoms with Crippen molar-refractivity contribution >= 4 is 11.8 Å². The van der Waals surface area contributed by atoms with Gasteiger partial charge in [-0.1, -0.05) is 0 Å². The van der Waals surface area contributed by atoms with E-state index in [1.807, 2.05) is 0 Å². The fraction of sp³-hybridized carbons (Fsp3) is 0.692. The molecule has 110 valence electrons. The van der Waals surface area contributed by atoms with Crippen molar-refractivity contribution in [2.75, 3.05) is 19.6 Å². The summed E-state index contributed by atoms with van der Waals surface area (Å²) in [4.78, 5) is 29.2. The number of nitrogens with one attached hydrogen (secondary N) is 2. The van der Waals surface area contributed by atoms with Crippen molar-refractivity contribution < 1.29 is 9.59 Å². The van der Waals surface area contributed by atoms with Gasteiger partial charge in [0, 0.05) is 33.0 Å². The molecule has 1 saturated heterocycles. The summed E-state index contributed by atoms with van der Waals surface area (Å²) in [5, 5.41) is 9.50. The Kier molecular flexibility index (Phi) is 5.09. The molecule has 2 rings (SSSR count). The lowest BCUT2D eigenvalue weighted by molar-refractivity contribution is -0.133. The van der Waals surface area contributed by atoms with Crippen LogP contribution < -0.4 is 5.32 Å². The highest BCUT2D eigenvalue weighted by Crippen LogP contribution is 2.16. The summed E-state index contributed by atoms with van der Waals surface area (Å²) in [6, 6.07) is 0. The number of aryl methyl sites for hydroxylation is 1. The van der Waals surface area contributed by atoms with E-state index in [0.717, 1.165) is 38.1 Å². The van der Waals surface area contributed by atoms with E-state index in [0.29, 0.717) is 13.1 Å². The zero-order valence-electron chi connectivity index (χ0n) is 11.8. The van der Waals surface area contributed by atoms with E-state index in [4.69, 9.17) is 0 Å². The molecule has 1 aromatic rings. The standard InChI is InChI=1S/C13H21N5O2/c1-10(19)18-7-3-4-11(8-18)13(20)14-6-2-5-12-15-9-16-17-12/h9,11H,2-8H2,1H3,(H,14,20)(H,15,16,17). The van der Waals surface area contributed by atoms with E-state index in [1.165, 1.54) is 6.33 Å². The van der Waals surface area contributed by atoms with Crippen LogP contribution >= 0.6 is 0 Å². The lowest BCUT2D eigenvalue weighted by Crippen LogP contribution is -2.44. The molecule has 7 nitrogen and oxygen atoms in total. The molecule has 2 amide bonds. The molecule has 1 fully saturated rings. The van der Waals surface area contributed by atoms with Crippen LogP contribution in [0.4, 0.5) is 0 Å². The van der Waals surface area contributed by atoms with E-state index >= 15 is 0 Å². The Labute approximate surface area is 118 Å². The molecule has 2 heterocycles. The largest absolute Gasteiger partial charge is 0.356 e. The van der Waals surface area contributed by atoms with Gasteiger partial charge >= 0.3 is 0 Å². The van der Waals surface area contributed by atoms with Gasteiger partial charge in [0.1, 0.15) is 12.2 Å². The van der Waals surface area contributed by atoms with Gasteiger partial charge < -0.3 is 10.2 Å². The second kappa shape index (κ2) is 7.02. The van der Waals surface area contributed by atoms with Gasteiger partial charge in [0.25, 0.3) is 0 Å². The molecule has 1 aliphatic heterocycles. The van der Waals surface area contributed by atoms with Crippen LogP contribution in [0.2, 0.25) is 0 Å². The molecule has 7 heteroatoms. The molecular formula is C13H21N5O2. The molecule has 1 aromatic heterocycles. The van der Waals surface area contributed by atoms with Crippen molar-refractivity contribution in [2.45, 2.75) is 32.6 Å². The average molecular weight is 279 g/mol. The highest BCUT2D eigenvalue weighted by molar-refractivity contribution is 5.80. The van der Waals surface area contributed by atoms with Gasteiger partial charge in [0.15, 0.2) is 0 Å². The van der Waals surface area contributed by atoms with Gasteiger partial charge in [-0.3, -0.25) is 14.7 Å². The normalized spacial score (nSPS) is 18.9. The zero-order valence-corrected chi connectivity index (χ0v) is 11.8. The summed E-state index contributed by atoms with van der Waals surface area (Å²) < 4.78 is 0. The summed E-state index contributed by atoms with van der Waals surface area (Å²) >= 11 is 0. The molecular weight excluding hydrogens is 258 g/mol. The number of piperidine rings is 1. The lowest BCUT2D eigenvalue weighted by Gasteiger charge is -2.31. The first-order chi connectivity index (χ1) is 9.66. The second-order valence-corrected chi connectivity index (χ2v) is 5.13. The molecule has 0 aliphatic carbocycles. The van der Waals surface area contributed by atoms with E-state index in [2.05, 4.69) is 20.5 Å². The number of carbonyl (C=O) groups is 2.